The Balaban J connectivity index is 2.60. The third-order valence-electron chi connectivity index (χ3n) is 3.24. The minimum Gasteiger partial charge on any atom is -0.0887 e. The molecule has 66 valence electrons. The molecule has 0 N–H and O–H groups in total. The van der Waals surface area contributed by atoms with Crippen molar-refractivity contribution < 1.29 is 0 Å². The monoisotopic (exact) mass is 178 g/mol. The van der Waals surface area contributed by atoms with Gasteiger partial charge in [-0.15, -0.1) is 0 Å². The van der Waals surface area contributed by atoms with E-state index in [0.29, 0.717) is 0 Å². The molecular formula is C13H11B. The van der Waals surface area contributed by atoms with Gasteiger partial charge < -0.3 is 0 Å². The molecule has 0 saturated heterocycles. The van der Waals surface area contributed by atoms with Crippen LogP contribution >= 0.6 is 0 Å². The van der Waals surface area contributed by atoms with Gasteiger partial charge in [0.05, 0.1) is 0 Å². The van der Waals surface area contributed by atoms with E-state index in [9.17, 15) is 0 Å². The molecule has 1 heteroatoms. The van der Waals surface area contributed by atoms with Crippen LogP contribution in [0, 0.1) is 6.92 Å². The predicted molar refractivity (Wildman–Crippen MR) is 61.5 cm³/mol. The van der Waals surface area contributed by atoms with Gasteiger partial charge in [-0.05, 0) is 47.2 Å². The molecule has 0 fully saturated rings. The number of rotatable bonds is 0. The van der Waals surface area contributed by atoms with Crippen LogP contribution in [0.4, 0.5) is 0 Å². The third kappa shape index (κ3) is 0.900. The molecule has 0 aliphatic heterocycles. The Morgan fingerprint density at radius 2 is 1.57 bits per heavy atom. The van der Waals surface area contributed by atoms with Crippen LogP contribution in [0.25, 0.3) is 10.8 Å². The molecule has 0 unspecified atom stereocenters. The van der Waals surface area contributed by atoms with Crippen molar-refractivity contribution >= 4 is 24.1 Å². The molecule has 2 aromatic rings. The molecule has 1 aliphatic rings. The van der Waals surface area contributed by atoms with Crippen LogP contribution in [0.1, 0.15) is 16.7 Å². The summed E-state index contributed by atoms with van der Waals surface area (Å²) in [6.45, 7) is 2.14. The van der Waals surface area contributed by atoms with Crippen molar-refractivity contribution in [2.24, 2.45) is 0 Å². The SMILES string of the molecule is [B]c1ccc2c3c(ccc(C)c13)CC2. The first-order valence-electron chi connectivity index (χ1n) is 5.07. The smallest absolute Gasteiger partial charge is 0.0887 e. The topological polar surface area (TPSA) is 0 Å². The highest BCUT2D eigenvalue weighted by Crippen LogP contribution is 2.31. The second-order valence-corrected chi connectivity index (χ2v) is 4.11. The van der Waals surface area contributed by atoms with Gasteiger partial charge in [0, 0.05) is 0 Å². The van der Waals surface area contributed by atoms with Crippen molar-refractivity contribution in [1.29, 1.82) is 0 Å². The maximum absolute atomic E-state index is 6.02. The van der Waals surface area contributed by atoms with E-state index in [1.807, 2.05) is 6.07 Å². The lowest BCUT2D eigenvalue weighted by Gasteiger charge is -2.08. The largest absolute Gasteiger partial charge is 0.114 e. The highest BCUT2D eigenvalue weighted by atomic mass is 14.2. The Labute approximate surface area is 85.4 Å². The maximum Gasteiger partial charge on any atom is 0.114 e. The first kappa shape index (κ1) is 8.10. The molecule has 0 spiro atoms. The van der Waals surface area contributed by atoms with Gasteiger partial charge in [0.25, 0.3) is 0 Å². The molecule has 3 rings (SSSR count). The highest BCUT2D eigenvalue weighted by molar-refractivity contribution is 6.39. The maximum atomic E-state index is 6.02. The van der Waals surface area contributed by atoms with Gasteiger partial charge in [-0.3, -0.25) is 0 Å². The van der Waals surface area contributed by atoms with Crippen molar-refractivity contribution in [2.45, 2.75) is 19.8 Å². The molecule has 2 aromatic carbocycles. The van der Waals surface area contributed by atoms with Crippen molar-refractivity contribution in [3.05, 3.63) is 41.0 Å². The Morgan fingerprint density at radius 1 is 0.929 bits per heavy atom. The van der Waals surface area contributed by atoms with E-state index in [0.717, 1.165) is 5.46 Å². The molecule has 0 atom stereocenters. The van der Waals surface area contributed by atoms with Crippen LogP contribution in [-0.4, -0.2) is 7.85 Å². The minimum absolute atomic E-state index is 0.921. The third-order valence-corrected chi connectivity index (χ3v) is 3.24. The van der Waals surface area contributed by atoms with Gasteiger partial charge in [-0.1, -0.05) is 29.7 Å². The molecule has 0 saturated carbocycles. The molecule has 2 radical (unpaired) electrons. The fourth-order valence-corrected chi connectivity index (χ4v) is 2.53. The van der Waals surface area contributed by atoms with E-state index in [-0.39, 0.29) is 0 Å². The van der Waals surface area contributed by atoms with Crippen molar-refractivity contribution in [3.8, 4) is 0 Å². The summed E-state index contributed by atoms with van der Waals surface area (Å²) in [5, 5.41) is 2.70. The molecule has 0 bridgehead atoms. The fraction of sp³-hybridized carbons (Fsp3) is 0.231. The summed E-state index contributed by atoms with van der Waals surface area (Å²) >= 11 is 0. The summed E-state index contributed by atoms with van der Waals surface area (Å²) in [6, 6.07) is 8.64. The van der Waals surface area contributed by atoms with Crippen LogP contribution in [0.15, 0.2) is 24.3 Å². The molecule has 0 aromatic heterocycles. The zero-order chi connectivity index (χ0) is 9.71. The number of benzene rings is 2. The van der Waals surface area contributed by atoms with Crippen molar-refractivity contribution in [3.63, 3.8) is 0 Å². The van der Waals surface area contributed by atoms with Gasteiger partial charge in [-0.2, -0.15) is 0 Å². The summed E-state index contributed by atoms with van der Waals surface area (Å²) in [7, 11) is 6.02. The summed E-state index contributed by atoms with van der Waals surface area (Å²) in [5.41, 5.74) is 5.15. The molecule has 14 heavy (non-hydrogen) atoms. The molecule has 0 amide bonds. The Hall–Kier alpha value is -1.24. The Kier molecular flexibility index (Phi) is 1.52. The van der Waals surface area contributed by atoms with Gasteiger partial charge in [0.2, 0.25) is 0 Å². The van der Waals surface area contributed by atoms with Gasteiger partial charge in [0.15, 0.2) is 0 Å². The van der Waals surface area contributed by atoms with E-state index in [4.69, 9.17) is 7.85 Å². The summed E-state index contributed by atoms with van der Waals surface area (Å²) < 4.78 is 0. The van der Waals surface area contributed by atoms with Gasteiger partial charge in [-0.25, -0.2) is 0 Å². The van der Waals surface area contributed by atoms with Crippen LogP contribution in [0.5, 0.6) is 0 Å². The zero-order valence-corrected chi connectivity index (χ0v) is 8.30. The fourth-order valence-electron chi connectivity index (χ4n) is 2.53. The van der Waals surface area contributed by atoms with Crippen LogP contribution in [-0.2, 0) is 12.8 Å². The van der Waals surface area contributed by atoms with Crippen molar-refractivity contribution in [1.82, 2.24) is 0 Å². The first-order chi connectivity index (χ1) is 6.77. The Morgan fingerprint density at radius 3 is 2.29 bits per heavy atom. The summed E-state index contributed by atoms with van der Waals surface area (Å²) in [5.74, 6) is 0. The van der Waals surface area contributed by atoms with E-state index in [1.54, 1.807) is 0 Å². The molecule has 0 heterocycles. The second kappa shape index (κ2) is 2.63. The highest BCUT2D eigenvalue weighted by Gasteiger charge is 2.15. The normalized spacial score (nSPS) is 13.8. The number of hydrogen-bond acceptors (Lipinski definition) is 0. The van der Waals surface area contributed by atoms with Crippen LogP contribution in [0.3, 0.4) is 0 Å². The van der Waals surface area contributed by atoms with Crippen molar-refractivity contribution in [2.75, 3.05) is 0 Å². The van der Waals surface area contributed by atoms with Gasteiger partial charge >= 0.3 is 0 Å². The number of hydrogen-bond donors (Lipinski definition) is 0. The van der Waals surface area contributed by atoms with Crippen LogP contribution < -0.4 is 5.46 Å². The predicted octanol–water partition coefficient (Wildman–Crippen LogP) is 2.04. The molecular weight excluding hydrogens is 167 g/mol. The second-order valence-electron chi connectivity index (χ2n) is 4.11. The van der Waals surface area contributed by atoms with Crippen LogP contribution in [0.2, 0.25) is 0 Å². The Bertz CT molecular complexity index is 481. The summed E-state index contributed by atoms with van der Waals surface area (Å²) in [4.78, 5) is 0. The van der Waals surface area contributed by atoms with E-state index in [1.165, 1.54) is 40.3 Å². The minimum atomic E-state index is 0.921. The molecule has 1 aliphatic carbocycles. The van der Waals surface area contributed by atoms with Gasteiger partial charge in [0.1, 0.15) is 7.85 Å². The summed E-state index contributed by atoms with van der Waals surface area (Å²) in [6.07, 6.45) is 2.35. The lowest BCUT2D eigenvalue weighted by atomic mass is 9.86. The first-order valence-corrected chi connectivity index (χ1v) is 5.07. The van der Waals surface area contributed by atoms with E-state index in [2.05, 4.69) is 25.1 Å². The lowest BCUT2D eigenvalue weighted by Crippen LogP contribution is -2.05. The average Bonchev–Trinajstić information content (AvgIpc) is 2.58. The zero-order valence-electron chi connectivity index (χ0n) is 8.30. The van der Waals surface area contributed by atoms with E-state index >= 15 is 0 Å². The number of aryl methyl sites for hydroxylation is 3. The molecule has 0 nitrogen and oxygen atoms in total. The van der Waals surface area contributed by atoms with E-state index < -0.39 is 0 Å². The quantitative estimate of drug-likeness (QED) is 0.541. The average molecular weight is 178 g/mol. The lowest BCUT2D eigenvalue weighted by molar-refractivity contribution is 1.02. The standard InChI is InChI=1S/C13H11B/c1-8-2-3-9-4-5-10-6-7-11(14)12(8)13(9)10/h2-3,6-7H,4-5H2,1H3.